The summed E-state index contributed by atoms with van der Waals surface area (Å²) in [5, 5.41) is 13.1. The zero-order valence-corrected chi connectivity index (χ0v) is 13.9. The molecular weight excluding hydrogens is 424 g/mol. The number of carbonyl (C=O) groups is 2. The molecule has 0 saturated heterocycles. The number of hydrogen-bond donors (Lipinski definition) is 2. The molecule has 2 aromatic heterocycles. The number of aryl methyl sites for hydroxylation is 1. The molecule has 0 bridgehead atoms. The lowest BCUT2D eigenvalue weighted by atomic mass is 10.1. The first-order valence-electron chi connectivity index (χ1n) is 7.17. The fourth-order valence-corrected chi connectivity index (χ4v) is 2.21. The molecule has 0 unspecified atom stereocenters. The van der Waals surface area contributed by atoms with Crippen LogP contribution in [0.15, 0.2) is 18.3 Å². The Kier molecular flexibility index (Phi) is 5.29. The number of carboxylic acids is 1. The van der Waals surface area contributed by atoms with Gasteiger partial charge in [0.15, 0.2) is 5.69 Å². The van der Waals surface area contributed by atoms with E-state index in [2.05, 4.69) is 10.1 Å². The summed E-state index contributed by atoms with van der Waals surface area (Å²) in [7, 11) is 0.557. The van der Waals surface area contributed by atoms with Crippen molar-refractivity contribution in [3.05, 3.63) is 40.8 Å². The zero-order chi connectivity index (χ0) is 22.4. The number of nitrogens with zero attached hydrogens (tertiary/aromatic N) is 3. The van der Waals surface area contributed by atoms with Gasteiger partial charge in [-0.2, -0.15) is 40.2 Å². The highest BCUT2D eigenvalue weighted by atomic mass is 19.4. The fraction of sp³-hybridized carbons (Fsp3) is 0.286. The fourth-order valence-electron chi connectivity index (χ4n) is 2.21. The second kappa shape index (κ2) is 6.97. The number of carboxylic acid groups (broad SMARTS) is 1. The van der Waals surface area contributed by atoms with Crippen molar-refractivity contribution in [1.29, 1.82) is 0 Å². The van der Waals surface area contributed by atoms with Gasteiger partial charge in [0.05, 0.1) is 5.56 Å². The average Bonchev–Trinajstić information content (AvgIpc) is 2.92. The number of aromatic carboxylic acids is 1. The molecule has 0 radical (unpaired) electrons. The summed E-state index contributed by atoms with van der Waals surface area (Å²) in [5.74, 6) is -9.86. The first-order valence-corrected chi connectivity index (χ1v) is 7.17. The molecule has 0 aliphatic rings. The Balaban J connectivity index is 2.60. The molecule has 2 rings (SSSR count). The van der Waals surface area contributed by atoms with Crippen LogP contribution in [0.1, 0.15) is 32.1 Å². The highest BCUT2D eigenvalue weighted by Crippen LogP contribution is 2.48. The van der Waals surface area contributed by atoms with E-state index in [0.717, 1.165) is 18.3 Å². The number of alkyl halides is 8. The molecule has 0 aliphatic heterocycles. The van der Waals surface area contributed by atoms with Gasteiger partial charge in [-0.1, -0.05) is 0 Å². The zero-order valence-electron chi connectivity index (χ0n) is 13.9. The van der Waals surface area contributed by atoms with Gasteiger partial charge in [-0.25, -0.2) is 9.78 Å². The third-order valence-electron chi connectivity index (χ3n) is 3.45. The van der Waals surface area contributed by atoms with Crippen molar-refractivity contribution in [2.24, 2.45) is 7.05 Å². The minimum Gasteiger partial charge on any atom is -0.478 e. The number of halogens is 8. The van der Waals surface area contributed by atoms with Crippen LogP contribution >= 0.6 is 0 Å². The molecule has 0 aromatic carbocycles. The summed E-state index contributed by atoms with van der Waals surface area (Å²) in [5.41, 5.74) is -7.37. The molecule has 2 heterocycles. The van der Waals surface area contributed by atoms with E-state index in [1.165, 1.54) is 0 Å². The number of pyridine rings is 1. The topological polar surface area (TPSA) is 97.1 Å². The van der Waals surface area contributed by atoms with Gasteiger partial charge in [-0.3, -0.25) is 9.48 Å². The van der Waals surface area contributed by atoms with Crippen molar-refractivity contribution in [2.75, 3.05) is 5.32 Å². The molecule has 0 fully saturated rings. The molecular formula is C14H8F8N4O3. The Bertz CT molecular complexity index is 965. The molecule has 2 N–H and O–H groups in total. The predicted molar refractivity (Wildman–Crippen MR) is 77.3 cm³/mol. The number of amides is 1. The Labute approximate surface area is 154 Å². The molecule has 1 amide bonds. The van der Waals surface area contributed by atoms with Gasteiger partial charge < -0.3 is 10.4 Å². The number of aromatic nitrogens is 3. The minimum absolute atomic E-state index is 0.0891. The van der Waals surface area contributed by atoms with Gasteiger partial charge in [0.2, 0.25) is 0 Å². The van der Waals surface area contributed by atoms with Gasteiger partial charge in [0.1, 0.15) is 17.1 Å². The first kappa shape index (κ1) is 22.0. The maximum atomic E-state index is 13.6. The SMILES string of the molecule is Cn1nc(C(F)(F)C(F)(F)F)c(C(F)(F)F)c1C(=O)Nc1cc(C(=O)O)ccn1. The van der Waals surface area contributed by atoms with E-state index in [9.17, 15) is 44.7 Å². The summed E-state index contributed by atoms with van der Waals surface area (Å²) in [6.45, 7) is 0. The van der Waals surface area contributed by atoms with E-state index in [1.54, 1.807) is 5.32 Å². The Morgan fingerprint density at radius 2 is 1.69 bits per heavy atom. The lowest BCUT2D eigenvalue weighted by molar-refractivity contribution is -0.292. The summed E-state index contributed by atoms with van der Waals surface area (Å²) >= 11 is 0. The number of nitrogens with one attached hydrogen (secondary N) is 1. The molecule has 2 aromatic rings. The average molecular weight is 432 g/mol. The number of carbonyl (C=O) groups excluding carboxylic acids is 1. The van der Waals surface area contributed by atoms with Gasteiger partial charge in [0.25, 0.3) is 5.91 Å². The number of rotatable bonds is 4. The molecule has 0 atom stereocenters. The minimum atomic E-state index is -6.41. The van der Waals surface area contributed by atoms with Crippen molar-refractivity contribution < 1.29 is 49.8 Å². The van der Waals surface area contributed by atoms with Crippen LogP contribution in [0, 0.1) is 0 Å². The smallest absolute Gasteiger partial charge is 0.459 e. The van der Waals surface area contributed by atoms with Gasteiger partial charge in [-0.05, 0) is 12.1 Å². The lowest BCUT2D eigenvalue weighted by Crippen LogP contribution is -2.36. The van der Waals surface area contributed by atoms with Gasteiger partial charge >= 0.3 is 24.2 Å². The number of anilines is 1. The quantitative estimate of drug-likeness (QED) is 0.722. The van der Waals surface area contributed by atoms with Crippen LogP contribution in [0.5, 0.6) is 0 Å². The molecule has 158 valence electrons. The summed E-state index contributed by atoms with van der Waals surface area (Å²) in [6.07, 6.45) is -11.3. The van der Waals surface area contributed by atoms with Crippen molar-refractivity contribution in [2.45, 2.75) is 18.3 Å². The second-order valence-corrected chi connectivity index (χ2v) is 5.45. The van der Waals surface area contributed by atoms with Crippen molar-refractivity contribution in [3.8, 4) is 0 Å². The van der Waals surface area contributed by atoms with Crippen LogP contribution in [0.2, 0.25) is 0 Å². The van der Waals surface area contributed by atoms with Crippen molar-refractivity contribution in [1.82, 2.24) is 14.8 Å². The van der Waals surface area contributed by atoms with Crippen LogP contribution in [0.3, 0.4) is 0 Å². The van der Waals surface area contributed by atoms with E-state index in [1.807, 2.05) is 0 Å². The van der Waals surface area contributed by atoms with Crippen molar-refractivity contribution in [3.63, 3.8) is 0 Å². The molecule has 29 heavy (non-hydrogen) atoms. The maximum Gasteiger partial charge on any atom is 0.459 e. The Hall–Kier alpha value is -3.26. The molecule has 7 nitrogen and oxygen atoms in total. The van der Waals surface area contributed by atoms with Crippen molar-refractivity contribution >= 4 is 17.7 Å². The third kappa shape index (κ3) is 4.12. The summed E-state index contributed by atoms with van der Waals surface area (Å²) in [4.78, 5) is 26.5. The first-order chi connectivity index (χ1) is 13.1. The normalized spacial score (nSPS) is 12.7. The van der Waals surface area contributed by atoms with Crippen LogP contribution in [-0.4, -0.2) is 37.9 Å². The van der Waals surface area contributed by atoms with Gasteiger partial charge in [0, 0.05) is 13.2 Å². The largest absolute Gasteiger partial charge is 0.478 e. The molecule has 0 saturated carbocycles. The van der Waals surface area contributed by atoms with Crippen LogP contribution in [0.4, 0.5) is 40.9 Å². The van der Waals surface area contributed by atoms with E-state index in [4.69, 9.17) is 5.11 Å². The number of hydrogen-bond acceptors (Lipinski definition) is 4. The lowest BCUT2D eigenvalue weighted by Gasteiger charge is -2.19. The van der Waals surface area contributed by atoms with E-state index < -0.39 is 58.5 Å². The monoisotopic (exact) mass is 432 g/mol. The Morgan fingerprint density at radius 1 is 1.10 bits per heavy atom. The summed E-state index contributed by atoms with van der Waals surface area (Å²) in [6, 6.07) is 1.71. The Morgan fingerprint density at radius 3 is 2.17 bits per heavy atom. The standard InChI is InChI=1S/C14H8F8N4O3/c1-26-8(10(27)24-6-4-5(11(28)29)2-3-23-6)7(13(17,18)19)9(25-26)12(15,16)14(20,21)22/h2-4H,1H3,(H,28,29)(H,23,24,27). The van der Waals surface area contributed by atoms with E-state index in [-0.39, 0.29) is 4.68 Å². The van der Waals surface area contributed by atoms with Crippen LogP contribution in [-0.2, 0) is 19.1 Å². The summed E-state index contributed by atoms with van der Waals surface area (Å²) < 4.78 is 105. The highest BCUT2D eigenvalue weighted by Gasteiger charge is 2.64. The second-order valence-electron chi connectivity index (χ2n) is 5.45. The maximum absolute atomic E-state index is 13.6. The molecule has 15 heteroatoms. The van der Waals surface area contributed by atoms with E-state index in [0.29, 0.717) is 7.05 Å². The highest BCUT2D eigenvalue weighted by molar-refractivity contribution is 6.04. The predicted octanol–water partition coefficient (Wildman–Crippen LogP) is 3.44. The molecule has 0 aliphatic carbocycles. The van der Waals surface area contributed by atoms with Crippen LogP contribution < -0.4 is 5.32 Å². The van der Waals surface area contributed by atoms with E-state index >= 15 is 0 Å². The van der Waals surface area contributed by atoms with Crippen LogP contribution in [0.25, 0.3) is 0 Å². The molecule has 0 spiro atoms. The third-order valence-corrected chi connectivity index (χ3v) is 3.45. The van der Waals surface area contributed by atoms with Gasteiger partial charge in [-0.15, -0.1) is 0 Å².